The Balaban J connectivity index is 1.92. The van der Waals surface area contributed by atoms with Gasteiger partial charge in [-0.3, -0.25) is 4.79 Å². The number of esters is 1. The van der Waals surface area contributed by atoms with Crippen LogP contribution in [0, 0.1) is 0 Å². The molecule has 0 saturated heterocycles. The molecule has 0 heterocycles. The van der Waals surface area contributed by atoms with Gasteiger partial charge >= 0.3 is 5.97 Å². The lowest BCUT2D eigenvalue weighted by Gasteiger charge is -2.29. The molecule has 0 spiro atoms. The topological polar surface area (TPSA) is 64.6 Å². The molecule has 160 valence electrons. The number of halogens is 1. The Labute approximate surface area is 182 Å². The van der Waals surface area contributed by atoms with E-state index in [9.17, 15) is 9.59 Å². The van der Waals surface area contributed by atoms with E-state index in [0.717, 1.165) is 37.7 Å². The molecule has 1 aliphatic carbocycles. The first-order chi connectivity index (χ1) is 14.4. The number of anilines is 1. The number of hydrogen-bond acceptors (Lipinski definition) is 4. The van der Waals surface area contributed by atoms with Crippen LogP contribution < -0.4 is 10.1 Å². The van der Waals surface area contributed by atoms with Gasteiger partial charge in [0.2, 0.25) is 5.91 Å². The predicted octanol–water partition coefficient (Wildman–Crippen LogP) is 5.75. The van der Waals surface area contributed by atoms with Crippen LogP contribution in [0.1, 0.15) is 61.9 Å². The van der Waals surface area contributed by atoms with E-state index in [2.05, 4.69) is 5.32 Å². The van der Waals surface area contributed by atoms with Crippen molar-refractivity contribution in [2.24, 2.45) is 0 Å². The molecule has 3 rings (SSSR count). The molecule has 1 saturated carbocycles. The van der Waals surface area contributed by atoms with Gasteiger partial charge in [0.25, 0.3) is 0 Å². The average Bonchev–Trinajstić information content (AvgIpc) is 3.25. The SMILES string of the molecule is CC[C@H](C)Oc1ccc(NC(=O)C2(c3ccccc3Cl)CCCC2)cc1C(=O)OC. The Bertz CT molecular complexity index is 921. The van der Waals surface area contributed by atoms with Crippen molar-refractivity contribution >= 4 is 29.2 Å². The fraction of sp³-hybridized carbons (Fsp3) is 0.417. The molecule has 30 heavy (non-hydrogen) atoms. The van der Waals surface area contributed by atoms with Crippen molar-refractivity contribution in [2.75, 3.05) is 12.4 Å². The maximum atomic E-state index is 13.4. The summed E-state index contributed by atoms with van der Waals surface area (Å²) < 4.78 is 10.8. The maximum Gasteiger partial charge on any atom is 0.341 e. The summed E-state index contributed by atoms with van der Waals surface area (Å²) >= 11 is 6.45. The summed E-state index contributed by atoms with van der Waals surface area (Å²) in [6, 6.07) is 12.6. The molecule has 1 atom stereocenters. The zero-order valence-corrected chi connectivity index (χ0v) is 18.4. The largest absolute Gasteiger partial charge is 0.490 e. The maximum absolute atomic E-state index is 13.4. The Morgan fingerprint density at radius 2 is 1.87 bits per heavy atom. The first kappa shape index (κ1) is 22.2. The Hall–Kier alpha value is -2.53. The molecule has 0 radical (unpaired) electrons. The standard InChI is InChI=1S/C24H28ClNO4/c1-4-16(2)30-21-12-11-17(15-18(21)22(27)29-3)26-23(28)24(13-7-8-14-24)19-9-5-6-10-20(19)25/h5-6,9-12,15-16H,4,7-8,13-14H2,1-3H3,(H,26,28)/t16-/m0/s1. The van der Waals surface area contributed by atoms with E-state index in [1.165, 1.54) is 7.11 Å². The highest BCUT2D eigenvalue weighted by molar-refractivity contribution is 6.32. The monoisotopic (exact) mass is 429 g/mol. The third-order valence-corrected chi connectivity index (χ3v) is 6.16. The van der Waals surface area contributed by atoms with Gasteiger partial charge in [-0.1, -0.05) is 49.6 Å². The molecule has 1 amide bonds. The van der Waals surface area contributed by atoms with Gasteiger partial charge in [-0.25, -0.2) is 4.79 Å². The van der Waals surface area contributed by atoms with Crippen LogP contribution in [-0.2, 0) is 14.9 Å². The molecular formula is C24H28ClNO4. The van der Waals surface area contributed by atoms with Crippen molar-refractivity contribution < 1.29 is 19.1 Å². The van der Waals surface area contributed by atoms with Gasteiger partial charge in [-0.2, -0.15) is 0 Å². The highest BCUT2D eigenvalue weighted by atomic mass is 35.5. The Morgan fingerprint density at radius 3 is 2.50 bits per heavy atom. The van der Waals surface area contributed by atoms with E-state index >= 15 is 0 Å². The van der Waals surface area contributed by atoms with Gasteiger partial charge < -0.3 is 14.8 Å². The molecule has 0 bridgehead atoms. The lowest BCUT2D eigenvalue weighted by atomic mass is 9.78. The molecule has 0 unspecified atom stereocenters. The van der Waals surface area contributed by atoms with Crippen molar-refractivity contribution in [1.82, 2.24) is 0 Å². The second kappa shape index (κ2) is 9.52. The number of amides is 1. The van der Waals surface area contributed by atoms with Gasteiger partial charge in [0, 0.05) is 10.7 Å². The molecule has 6 heteroatoms. The van der Waals surface area contributed by atoms with Crippen LogP contribution >= 0.6 is 11.6 Å². The zero-order valence-electron chi connectivity index (χ0n) is 17.7. The van der Waals surface area contributed by atoms with Crippen molar-refractivity contribution in [1.29, 1.82) is 0 Å². The van der Waals surface area contributed by atoms with E-state index in [-0.39, 0.29) is 17.6 Å². The summed E-state index contributed by atoms with van der Waals surface area (Å²) in [5.74, 6) is -0.179. The van der Waals surface area contributed by atoms with Crippen LogP contribution in [0.2, 0.25) is 5.02 Å². The van der Waals surface area contributed by atoms with Crippen LogP contribution in [0.15, 0.2) is 42.5 Å². The highest BCUT2D eigenvalue weighted by Gasteiger charge is 2.44. The first-order valence-corrected chi connectivity index (χ1v) is 10.7. The van der Waals surface area contributed by atoms with Crippen molar-refractivity contribution in [3.63, 3.8) is 0 Å². The van der Waals surface area contributed by atoms with Crippen molar-refractivity contribution in [2.45, 2.75) is 57.5 Å². The van der Waals surface area contributed by atoms with E-state index in [4.69, 9.17) is 21.1 Å². The quantitative estimate of drug-likeness (QED) is 0.568. The number of ether oxygens (including phenoxy) is 2. The molecule has 0 aliphatic heterocycles. The minimum absolute atomic E-state index is 0.0455. The lowest BCUT2D eigenvalue weighted by molar-refractivity contribution is -0.121. The Morgan fingerprint density at radius 1 is 1.17 bits per heavy atom. The van der Waals surface area contributed by atoms with Gasteiger partial charge in [0.1, 0.15) is 11.3 Å². The molecule has 5 nitrogen and oxygen atoms in total. The van der Waals surface area contributed by atoms with Crippen molar-refractivity contribution in [3.05, 3.63) is 58.6 Å². The van der Waals surface area contributed by atoms with Crippen LogP contribution in [0.3, 0.4) is 0 Å². The third kappa shape index (κ3) is 4.46. The molecular weight excluding hydrogens is 402 g/mol. The van der Waals surface area contributed by atoms with Crippen LogP contribution in [0.4, 0.5) is 5.69 Å². The van der Waals surface area contributed by atoms with Gasteiger partial charge in [-0.05, 0) is 56.0 Å². The van der Waals surface area contributed by atoms with Gasteiger partial charge in [0.15, 0.2) is 0 Å². The number of benzene rings is 2. The summed E-state index contributed by atoms with van der Waals surface area (Å²) in [5.41, 5.74) is 0.992. The van der Waals surface area contributed by atoms with Gasteiger partial charge in [-0.15, -0.1) is 0 Å². The number of carbonyl (C=O) groups excluding carboxylic acids is 2. The minimum Gasteiger partial charge on any atom is -0.490 e. The number of methoxy groups -OCH3 is 1. The van der Waals surface area contributed by atoms with E-state index in [1.54, 1.807) is 18.2 Å². The lowest BCUT2D eigenvalue weighted by Crippen LogP contribution is -2.38. The molecule has 1 fully saturated rings. The predicted molar refractivity (Wildman–Crippen MR) is 118 cm³/mol. The second-order valence-electron chi connectivity index (χ2n) is 7.76. The first-order valence-electron chi connectivity index (χ1n) is 10.4. The van der Waals surface area contributed by atoms with Crippen LogP contribution in [0.25, 0.3) is 0 Å². The normalized spacial score (nSPS) is 16.0. The molecule has 0 aromatic heterocycles. The van der Waals surface area contributed by atoms with Gasteiger partial charge in [0.05, 0.1) is 18.6 Å². The summed E-state index contributed by atoms with van der Waals surface area (Å²) in [5, 5.41) is 3.60. The minimum atomic E-state index is -0.671. The number of nitrogens with one attached hydrogen (secondary N) is 1. The fourth-order valence-electron chi connectivity index (χ4n) is 3.98. The highest BCUT2D eigenvalue weighted by Crippen LogP contribution is 2.44. The average molecular weight is 430 g/mol. The zero-order chi connectivity index (χ0) is 21.7. The van der Waals surface area contributed by atoms with E-state index < -0.39 is 11.4 Å². The molecule has 1 N–H and O–H groups in total. The number of hydrogen-bond donors (Lipinski definition) is 1. The third-order valence-electron chi connectivity index (χ3n) is 5.83. The molecule has 2 aromatic carbocycles. The van der Waals surface area contributed by atoms with Crippen molar-refractivity contribution in [3.8, 4) is 5.75 Å². The second-order valence-corrected chi connectivity index (χ2v) is 8.17. The molecule has 1 aliphatic rings. The summed E-state index contributed by atoms with van der Waals surface area (Å²) in [7, 11) is 1.32. The number of rotatable bonds is 7. The van der Waals surface area contributed by atoms with Crippen LogP contribution in [-0.4, -0.2) is 25.1 Å². The van der Waals surface area contributed by atoms with E-state index in [0.29, 0.717) is 16.5 Å². The smallest absolute Gasteiger partial charge is 0.341 e. The Kier molecular flexibility index (Phi) is 7.03. The van der Waals surface area contributed by atoms with Crippen LogP contribution in [0.5, 0.6) is 5.75 Å². The molecule has 2 aromatic rings. The fourth-order valence-corrected chi connectivity index (χ4v) is 4.29. The number of carbonyl (C=O) groups is 2. The van der Waals surface area contributed by atoms with E-state index in [1.807, 2.05) is 38.1 Å². The summed E-state index contributed by atoms with van der Waals surface area (Å²) in [6.07, 6.45) is 4.17. The summed E-state index contributed by atoms with van der Waals surface area (Å²) in [4.78, 5) is 25.7. The summed E-state index contributed by atoms with van der Waals surface area (Å²) in [6.45, 7) is 3.94.